The van der Waals surface area contributed by atoms with Gasteiger partial charge in [-0.2, -0.15) is 0 Å². The molecule has 0 spiro atoms. The average Bonchev–Trinajstić information content (AvgIpc) is 3.00. The normalized spacial score (nSPS) is 16.4. The third-order valence-corrected chi connectivity index (χ3v) is 8.64. The fourth-order valence-corrected chi connectivity index (χ4v) is 6.68. The van der Waals surface area contributed by atoms with E-state index >= 15 is 0 Å². The number of unbranched alkanes of at least 4 members (excludes halogenated alkanes) is 10. The van der Waals surface area contributed by atoms with E-state index in [4.69, 9.17) is 19.7 Å². The molecule has 0 aliphatic heterocycles. The van der Waals surface area contributed by atoms with Crippen LogP contribution in [-0.4, -0.2) is 36.6 Å². The molecule has 0 aromatic heterocycles. The first-order valence-corrected chi connectivity index (χ1v) is 15.7. The predicted octanol–water partition coefficient (Wildman–Crippen LogP) is 8.10. The molecule has 0 heterocycles. The zero-order chi connectivity index (χ0) is 27.6. The summed E-state index contributed by atoms with van der Waals surface area (Å²) in [6.07, 6.45) is 13.2. The molecule has 2 N–H and O–H groups in total. The molecule has 0 unspecified atom stereocenters. The van der Waals surface area contributed by atoms with Gasteiger partial charge in [-0.15, -0.1) is 0 Å². The Morgan fingerprint density at radius 2 is 0.750 bits per heavy atom. The second-order valence-electron chi connectivity index (χ2n) is 11.4. The van der Waals surface area contributed by atoms with Crippen LogP contribution in [0.3, 0.4) is 0 Å². The van der Waals surface area contributed by atoms with Crippen molar-refractivity contribution in [3.05, 3.63) is 94.0 Å². The molecule has 40 heavy (non-hydrogen) atoms. The van der Waals surface area contributed by atoms with Gasteiger partial charge in [0.2, 0.25) is 0 Å². The Bertz CT molecular complexity index is 1080. The van der Waals surface area contributed by atoms with Crippen molar-refractivity contribution in [2.75, 3.05) is 26.4 Å². The van der Waals surface area contributed by atoms with Crippen molar-refractivity contribution in [1.29, 1.82) is 0 Å². The topological polar surface area (TPSA) is 58.9 Å². The second-order valence-corrected chi connectivity index (χ2v) is 11.4. The maximum Gasteiger partial charge on any atom is 0.124 e. The van der Waals surface area contributed by atoms with Crippen molar-refractivity contribution in [3.8, 4) is 11.5 Å². The van der Waals surface area contributed by atoms with E-state index in [1.165, 1.54) is 59.1 Å². The van der Waals surface area contributed by atoms with Crippen LogP contribution >= 0.6 is 0 Å². The molecule has 4 heteroatoms. The summed E-state index contributed by atoms with van der Waals surface area (Å²) in [6, 6.07) is 22.2. The van der Waals surface area contributed by atoms with Gasteiger partial charge in [-0.25, -0.2) is 0 Å². The molecule has 0 saturated carbocycles. The molecule has 3 aliphatic rings. The van der Waals surface area contributed by atoms with Crippen molar-refractivity contribution < 1.29 is 19.7 Å². The molecule has 0 saturated heterocycles. The Morgan fingerprint density at radius 3 is 1.10 bits per heavy atom. The summed E-state index contributed by atoms with van der Waals surface area (Å²) >= 11 is 0. The van der Waals surface area contributed by atoms with E-state index < -0.39 is 0 Å². The minimum atomic E-state index is 0.163. The highest BCUT2D eigenvalue weighted by molar-refractivity contribution is 5.73. The highest BCUT2D eigenvalue weighted by Gasteiger charge is 2.44. The molecule has 2 bridgehead atoms. The third kappa shape index (κ3) is 6.39. The van der Waals surface area contributed by atoms with Crippen LogP contribution in [0.1, 0.15) is 122 Å². The first-order valence-electron chi connectivity index (χ1n) is 15.7. The summed E-state index contributed by atoms with van der Waals surface area (Å²) in [5.74, 6) is 2.34. The molecule has 214 valence electrons. The van der Waals surface area contributed by atoms with E-state index in [0.717, 1.165) is 76.1 Å². The van der Waals surface area contributed by atoms with Gasteiger partial charge in [-0.05, 0) is 60.1 Å². The van der Waals surface area contributed by atoms with E-state index in [9.17, 15) is 0 Å². The lowest BCUT2D eigenvalue weighted by Crippen LogP contribution is -2.28. The summed E-state index contributed by atoms with van der Waals surface area (Å²) in [7, 11) is 0. The van der Waals surface area contributed by atoms with E-state index in [2.05, 4.69) is 60.7 Å². The molecule has 3 aliphatic carbocycles. The Hall–Kier alpha value is -2.82. The molecule has 0 radical (unpaired) electrons. The molecule has 4 nitrogen and oxygen atoms in total. The summed E-state index contributed by atoms with van der Waals surface area (Å²) < 4.78 is 13.1. The van der Waals surface area contributed by atoms with Gasteiger partial charge in [0.05, 0.1) is 13.2 Å². The van der Waals surface area contributed by atoms with Crippen molar-refractivity contribution in [3.63, 3.8) is 0 Å². The van der Waals surface area contributed by atoms with Crippen LogP contribution in [0, 0.1) is 0 Å². The van der Waals surface area contributed by atoms with Crippen LogP contribution in [0.15, 0.2) is 60.7 Å². The summed E-state index contributed by atoms with van der Waals surface area (Å²) in [4.78, 5) is 0. The van der Waals surface area contributed by atoms with E-state index in [1.807, 2.05) is 0 Å². The number of ether oxygens (including phenoxy) is 2. The van der Waals surface area contributed by atoms with Crippen molar-refractivity contribution in [1.82, 2.24) is 0 Å². The van der Waals surface area contributed by atoms with Crippen LogP contribution < -0.4 is 9.47 Å². The molecule has 3 aromatic rings. The van der Waals surface area contributed by atoms with Crippen molar-refractivity contribution in [2.24, 2.45) is 0 Å². The highest BCUT2D eigenvalue weighted by atomic mass is 16.5. The number of hydrogen-bond donors (Lipinski definition) is 2. The average molecular weight is 543 g/mol. The lowest BCUT2D eigenvalue weighted by atomic mass is 9.60. The first-order chi connectivity index (χ1) is 19.8. The molecular formula is C36H46O4. The van der Waals surface area contributed by atoms with Crippen LogP contribution in [0.5, 0.6) is 11.5 Å². The fraction of sp³-hybridized carbons (Fsp3) is 0.500. The van der Waals surface area contributed by atoms with E-state index in [1.54, 1.807) is 0 Å². The largest absolute Gasteiger partial charge is 0.493 e. The van der Waals surface area contributed by atoms with Gasteiger partial charge in [-0.3, -0.25) is 0 Å². The Balaban J connectivity index is 1.34. The van der Waals surface area contributed by atoms with Crippen molar-refractivity contribution >= 4 is 0 Å². The van der Waals surface area contributed by atoms with E-state index in [0.29, 0.717) is 13.2 Å². The fourth-order valence-electron chi connectivity index (χ4n) is 6.68. The van der Waals surface area contributed by atoms with Gasteiger partial charge in [-0.1, -0.05) is 99.9 Å². The standard InChI is InChI=1S/C36H46O4/c37-23-13-5-1-3-7-15-25-39-31-21-22-32(40-26-16-8-4-2-6-14-24-38)36-34-29-19-11-9-17-27(29)33(35(31)36)28-18-10-12-20-30(28)34/h9-12,17-22,33-34,37-38H,1-8,13-16,23-26H2. The molecule has 6 rings (SSSR count). The molecule has 3 aromatic carbocycles. The molecule has 0 amide bonds. The number of aliphatic hydroxyl groups excluding tert-OH is 2. The lowest BCUT2D eigenvalue weighted by Gasteiger charge is -2.43. The number of hydrogen-bond acceptors (Lipinski definition) is 4. The number of rotatable bonds is 18. The SMILES string of the molecule is OCCCCCCCCOc1ccc(OCCCCCCCCO)c2c1C1c3ccccc3C2c2ccccc21. The van der Waals surface area contributed by atoms with Crippen molar-refractivity contribution in [2.45, 2.75) is 88.9 Å². The number of aliphatic hydroxyl groups is 2. The van der Waals surface area contributed by atoms with E-state index in [-0.39, 0.29) is 11.8 Å². The Morgan fingerprint density at radius 1 is 0.425 bits per heavy atom. The summed E-state index contributed by atoms with van der Waals surface area (Å²) in [5.41, 5.74) is 8.18. The van der Waals surface area contributed by atoms with Crippen LogP contribution in [0.25, 0.3) is 0 Å². The minimum absolute atomic E-state index is 0.163. The van der Waals surface area contributed by atoms with Gasteiger partial charge in [0.15, 0.2) is 0 Å². The lowest BCUT2D eigenvalue weighted by molar-refractivity contribution is 0.278. The first kappa shape index (κ1) is 28.7. The van der Waals surface area contributed by atoms with Gasteiger partial charge in [0, 0.05) is 36.2 Å². The highest BCUT2D eigenvalue weighted by Crippen LogP contribution is 2.60. The quantitative estimate of drug-likeness (QED) is 0.110. The Labute approximate surface area is 240 Å². The predicted molar refractivity (Wildman–Crippen MR) is 162 cm³/mol. The van der Waals surface area contributed by atoms with Crippen LogP contribution in [0.2, 0.25) is 0 Å². The maximum atomic E-state index is 8.99. The summed E-state index contributed by atoms with van der Waals surface area (Å²) in [5, 5.41) is 18.0. The van der Waals surface area contributed by atoms with Gasteiger partial charge in [0.1, 0.15) is 11.5 Å². The Kier molecular flexibility index (Phi) is 10.6. The van der Waals surface area contributed by atoms with Crippen LogP contribution in [-0.2, 0) is 0 Å². The summed E-state index contributed by atoms with van der Waals surface area (Å²) in [6.45, 7) is 2.05. The van der Waals surface area contributed by atoms with Gasteiger partial charge < -0.3 is 19.7 Å². The third-order valence-electron chi connectivity index (χ3n) is 8.64. The zero-order valence-electron chi connectivity index (χ0n) is 24.0. The minimum Gasteiger partial charge on any atom is -0.493 e. The monoisotopic (exact) mass is 542 g/mol. The maximum absolute atomic E-state index is 8.99. The molecule has 0 fully saturated rings. The molecule has 0 atom stereocenters. The zero-order valence-corrected chi connectivity index (χ0v) is 24.0. The smallest absolute Gasteiger partial charge is 0.124 e. The van der Waals surface area contributed by atoms with Gasteiger partial charge in [0.25, 0.3) is 0 Å². The molecular weight excluding hydrogens is 496 g/mol. The van der Waals surface area contributed by atoms with Crippen LogP contribution in [0.4, 0.5) is 0 Å². The number of benzene rings is 3. The van der Waals surface area contributed by atoms with Gasteiger partial charge >= 0.3 is 0 Å². The second kappa shape index (κ2) is 14.7.